The minimum Gasteiger partial charge on any atom is -0.490 e. The maximum atomic E-state index is 14.7. The highest BCUT2D eigenvalue weighted by Gasteiger charge is 2.29. The Morgan fingerprint density at radius 1 is 1.14 bits per heavy atom. The van der Waals surface area contributed by atoms with Gasteiger partial charge in [-0.05, 0) is 46.9 Å². The Hall–Kier alpha value is -3.93. The number of carbonyl (C=O) groups excluding carboxylic acids is 1. The highest BCUT2D eigenvalue weighted by atomic mass is 19.2. The van der Waals surface area contributed by atoms with Crippen LogP contribution in [0.25, 0.3) is 0 Å². The van der Waals surface area contributed by atoms with Crippen LogP contribution < -0.4 is 9.64 Å². The number of ether oxygens (including phenoxy) is 2. The normalized spacial score (nSPS) is 20.0. The van der Waals surface area contributed by atoms with Crippen LogP contribution in [0.4, 0.5) is 19.3 Å². The summed E-state index contributed by atoms with van der Waals surface area (Å²) >= 11 is 0. The number of anilines is 1. The van der Waals surface area contributed by atoms with Gasteiger partial charge in [0.05, 0.1) is 19.2 Å². The minimum absolute atomic E-state index is 0.120. The second-order valence-corrected chi connectivity index (χ2v) is 11.6. The number of halogens is 2. The Morgan fingerprint density at radius 3 is 2.53 bits per heavy atom. The van der Waals surface area contributed by atoms with Crippen molar-refractivity contribution in [3.05, 3.63) is 59.8 Å². The van der Waals surface area contributed by atoms with Crippen LogP contribution in [-0.4, -0.2) is 95.8 Å². The van der Waals surface area contributed by atoms with Gasteiger partial charge in [0.15, 0.2) is 11.6 Å². The molecule has 1 amide bonds. The summed E-state index contributed by atoms with van der Waals surface area (Å²) < 4.78 is 40.7. The van der Waals surface area contributed by atoms with Crippen LogP contribution in [0.15, 0.2) is 52.4 Å². The molecular formula is C31H41F2N7O3. The van der Waals surface area contributed by atoms with Crippen LogP contribution >= 0.6 is 0 Å². The lowest BCUT2D eigenvalue weighted by molar-refractivity contribution is 0.0142. The predicted molar refractivity (Wildman–Crippen MR) is 163 cm³/mol. The van der Waals surface area contributed by atoms with Gasteiger partial charge in [-0.25, -0.2) is 19.2 Å². The molecule has 1 aromatic heterocycles. The van der Waals surface area contributed by atoms with Gasteiger partial charge in [-0.3, -0.25) is 14.9 Å². The van der Waals surface area contributed by atoms with E-state index in [9.17, 15) is 13.6 Å². The van der Waals surface area contributed by atoms with Crippen molar-refractivity contribution >= 4 is 24.2 Å². The molecular weight excluding hydrogens is 556 g/mol. The first kappa shape index (κ1) is 32.0. The number of hydrogen-bond acceptors (Lipinski definition) is 9. The van der Waals surface area contributed by atoms with Crippen LogP contribution in [0.5, 0.6) is 5.75 Å². The van der Waals surface area contributed by atoms with Crippen molar-refractivity contribution in [1.29, 1.82) is 0 Å². The average molecular weight is 598 g/mol. The first-order chi connectivity index (χ1) is 20.6. The maximum absolute atomic E-state index is 14.7. The number of carbonyl (C=O) groups is 1. The third-order valence-electron chi connectivity index (χ3n) is 7.31. The molecule has 0 aliphatic carbocycles. The van der Waals surface area contributed by atoms with E-state index in [0.717, 1.165) is 11.3 Å². The molecule has 12 heteroatoms. The van der Waals surface area contributed by atoms with Gasteiger partial charge in [0.2, 0.25) is 5.82 Å². The fourth-order valence-electron chi connectivity index (χ4n) is 5.13. The van der Waals surface area contributed by atoms with E-state index in [1.54, 1.807) is 35.6 Å². The van der Waals surface area contributed by atoms with Crippen LogP contribution in [-0.2, 0) is 11.3 Å². The van der Waals surface area contributed by atoms with Gasteiger partial charge in [0, 0.05) is 93.4 Å². The maximum Gasteiger partial charge on any atom is 0.410 e. The van der Waals surface area contributed by atoms with Crippen LogP contribution in [0.1, 0.15) is 46.4 Å². The average Bonchev–Trinajstić information content (AvgIpc) is 2.97. The molecule has 0 N–H and O–H groups in total. The lowest BCUT2D eigenvalue weighted by Gasteiger charge is -2.38. The van der Waals surface area contributed by atoms with E-state index in [1.807, 2.05) is 32.6 Å². The molecule has 4 rings (SSSR count). The smallest absolute Gasteiger partial charge is 0.410 e. The molecule has 2 aromatic rings. The van der Waals surface area contributed by atoms with Gasteiger partial charge < -0.3 is 19.3 Å². The van der Waals surface area contributed by atoms with E-state index in [1.165, 1.54) is 6.07 Å². The summed E-state index contributed by atoms with van der Waals surface area (Å²) in [7, 11) is 0. The molecule has 3 heterocycles. The number of hydrogen-bond donors (Lipinski definition) is 0. The number of rotatable bonds is 9. The Labute approximate surface area is 252 Å². The van der Waals surface area contributed by atoms with Crippen molar-refractivity contribution in [2.75, 3.05) is 50.8 Å². The highest BCUT2D eigenvalue weighted by Crippen LogP contribution is 2.33. The summed E-state index contributed by atoms with van der Waals surface area (Å²) in [5, 5.41) is 0. The van der Waals surface area contributed by atoms with Crippen LogP contribution in [0, 0.1) is 11.6 Å². The largest absolute Gasteiger partial charge is 0.490 e. The topological polar surface area (TPSA) is 95.7 Å². The number of benzene rings is 1. The summed E-state index contributed by atoms with van der Waals surface area (Å²) in [6.45, 7) is 15.5. The Balaban J connectivity index is 1.33. The van der Waals surface area contributed by atoms with Gasteiger partial charge in [0.25, 0.3) is 0 Å². The number of nitrogens with zero attached hydrogens (tertiary/aromatic N) is 7. The fourth-order valence-corrected chi connectivity index (χ4v) is 5.13. The van der Waals surface area contributed by atoms with E-state index >= 15 is 0 Å². The summed E-state index contributed by atoms with van der Waals surface area (Å²) in [5.41, 5.74) is 1.69. The lowest BCUT2D eigenvalue weighted by Crippen LogP contribution is -2.50. The third kappa shape index (κ3) is 8.79. The summed E-state index contributed by atoms with van der Waals surface area (Å²) in [4.78, 5) is 35.3. The zero-order valence-corrected chi connectivity index (χ0v) is 25.4. The van der Waals surface area contributed by atoms with Crippen molar-refractivity contribution in [2.45, 2.75) is 58.7 Å². The molecule has 1 unspecified atom stereocenters. The molecule has 232 valence electrons. The molecule has 2 aliphatic heterocycles. The molecule has 0 radical (unpaired) electrons. The highest BCUT2D eigenvalue weighted by molar-refractivity contribution is 6.03. The van der Waals surface area contributed by atoms with E-state index in [-0.39, 0.29) is 24.5 Å². The predicted octanol–water partition coefficient (Wildman–Crippen LogP) is 4.90. The van der Waals surface area contributed by atoms with Gasteiger partial charge in [-0.1, -0.05) is 0 Å². The number of amides is 1. The Bertz CT molecular complexity index is 1320. The van der Waals surface area contributed by atoms with E-state index in [2.05, 4.69) is 26.6 Å². The molecule has 0 bridgehead atoms. The van der Waals surface area contributed by atoms with Crippen molar-refractivity contribution < 1.29 is 23.0 Å². The van der Waals surface area contributed by atoms with Crippen LogP contribution in [0.2, 0.25) is 0 Å². The number of piperazine rings is 1. The van der Waals surface area contributed by atoms with Crippen molar-refractivity contribution in [3.63, 3.8) is 0 Å². The zero-order valence-electron chi connectivity index (χ0n) is 25.4. The molecule has 43 heavy (non-hydrogen) atoms. The molecule has 0 spiro atoms. The van der Waals surface area contributed by atoms with E-state index in [4.69, 9.17) is 14.5 Å². The SMILES string of the molecule is C=NC=C1C(=NCc2ncccn2)CCN(c2cc(F)c(F)c(OCCCN3CCN(C(=O)OC(C)(C)C)CC3)c2)C1C. The number of piperidine rings is 1. The lowest BCUT2D eigenvalue weighted by atomic mass is 9.94. The summed E-state index contributed by atoms with van der Waals surface area (Å²) in [6, 6.07) is 4.28. The summed E-state index contributed by atoms with van der Waals surface area (Å²) in [6.07, 6.45) is 5.91. The number of aromatic nitrogens is 2. The molecule has 0 saturated carbocycles. The number of aliphatic imine (C=N–C) groups is 2. The first-order valence-electron chi connectivity index (χ1n) is 14.6. The van der Waals surface area contributed by atoms with Crippen molar-refractivity contribution in [3.8, 4) is 5.75 Å². The van der Waals surface area contributed by atoms with E-state index < -0.39 is 17.2 Å². The first-order valence-corrected chi connectivity index (χ1v) is 14.6. The van der Waals surface area contributed by atoms with Gasteiger partial charge in [0.1, 0.15) is 11.4 Å². The van der Waals surface area contributed by atoms with E-state index in [0.29, 0.717) is 70.2 Å². The van der Waals surface area contributed by atoms with Crippen LogP contribution in [0.3, 0.4) is 0 Å². The molecule has 1 aromatic carbocycles. The molecule has 2 saturated heterocycles. The minimum atomic E-state index is -1.01. The van der Waals surface area contributed by atoms with Gasteiger partial charge >= 0.3 is 6.09 Å². The third-order valence-corrected chi connectivity index (χ3v) is 7.31. The zero-order chi connectivity index (χ0) is 31.0. The standard InChI is InChI=1S/C31H41F2N7O3/c1-22-24(20-34-5)26(37-21-28-35-9-6-10-36-28)8-12-40(22)23-18-25(32)29(33)27(19-23)42-17-7-11-38-13-15-39(16-14-38)30(41)43-31(2,3)4/h6,9-10,18-20,22H,5,7-8,11-17,21H2,1-4H3. The van der Waals surface area contributed by atoms with Crippen molar-refractivity contribution in [2.24, 2.45) is 9.98 Å². The molecule has 2 aliphatic rings. The quantitative estimate of drug-likeness (QED) is 0.300. The monoisotopic (exact) mass is 597 g/mol. The second kappa shape index (κ2) is 14.5. The Kier molecular flexibility index (Phi) is 10.8. The molecule has 1 atom stereocenters. The fraction of sp³-hybridized carbons (Fsp3) is 0.516. The van der Waals surface area contributed by atoms with Gasteiger partial charge in [-0.2, -0.15) is 4.39 Å². The van der Waals surface area contributed by atoms with Gasteiger partial charge in [-0.15, -0.1) is 0 Å². The van der Waals surface area contributed by atoms with Crippen molar-refractivity contribution in [1.82, 2.24) is 19.8 Å². The Morgan fingerprint density at radius 2 is 1.86 bits per heavy atom. The molecule has 10 nitrogen and oxygen atoms in total. The summed E-state index contributed by atoms with van der Waals surface area (Å²) in [5.74, 6) is -1.48. The molecule has 2 fully saturated rings. The second-order valence-electron chi connectivity index (χ2n) is 11.6.